The average molecular weight is 151 g/mol. The Bertz CT molecular complexity index is 296. The highest BCUT2D eigenvalue weighted by atomic mass is 16.6. The van der Waals surface area contributed by atoms with Crippen LogP contribution in [0, 0.1) is 17.0 Å². The van der Waals surface area contributed by atoms with Crippen LogP contribution < -0.4 is 5.73 Å². The predicted octanol–water partition coefficient (Wildman–Crippen LogP) is 1.36. The van der Waals surface area contributed by atoms with Crippen LogP contribution in [0.25, 0.3) is 0 Å². The number of anilines is 1. The quantitative estimate of drug-likeness (QED) is 0.374. The monoisotopic (exact) mass is 151 g/mol. The van der Waals surface area contributed by atoms with Crippen LogP contribution in [0.5, 0.6) is 0 Å². The highest BCUT2D eigenvalue weighted by Gasteiger charge is 2.05. The molecule has 11 heavy (non-hydrogen) atoms. The number of rotatable bonds is 1. The first-order chi connectivity index (χ1) is 5.11. The summed E-state index contributed by atoms with van der Waals surface area (Å²) in [4.78, 5) is 9.72. The normalized spacial score (nSPS) is 9.55. The summed E-state index contributed by atoms with van der Waals surface area (Å²) in [5.41, 5.74) is 6.38. The lowest BCUT2D eigenvalue weighted by Crippen LogP contribution is -1.92. The molecule has 0 aromatic heterocycles. The Kier molecular flexibility index (Phi) is 1.76. The second-order valence-corrected chi connectivity index (χ2v) is 2.14. The molecule has 1 aromatic rings. The molecule has 4 nitrogen and oxygen atoms in total. The van der Waals surface area contributed by atoms with Crippen LogP contribution >= 0.6 is 0 Å². The molecule has 0 unspecified atom stereocenters. The van der Waals surface area contributed by atoms with Gasteiger partial charge in [0, 0.05) is 17.8 Å². The van der Waals surface area contributed by atoms with Crippen molar-refractivity contribution >= 4 is 11.4 Å². The third-order valence-corrected chi connectivity index (χ3v) is 1.34. The molecular weight excluding hydrogens is 144 g/mol. The van der Waals surface area contributed by atoms with E-state index in [0.29, 0.717) is 11.3 Å². The third-order valence-electron chi connectivity index (χ3n) is 1.34. The Hall–Kier alpha value is -1.58. The summed E-state index contributed by atoms with van der Waals surface area (Å²) in [7, 11) is 0. The summed E-state index contributed by atoms with van der Waals surface area (Å²) in [6, 6.07) is 4.17. The molecule has 0 amide bonds. The first-order valence-corrected chi connectivity index (χ1v) is 2.97. The molecule has 0 heterocycles. The summed E-state index contributed by atoms with van der Waals surface area (Å²) < 4.78 is 0. The second-order valence-electron chi connectivity index (χ2n) is 2.14. The van der Waals surface area contributed by atoms with E-state index in [0.717, 1.165) is 0 Å². The largest absolute Gasteiger partial charge is 0.398 e. The molecule has 0 aliphatic carbocycles. The van der Waals surface area contributed by atoms with Crippen molar-refractivity contribution in [1.82, 2.24) is 0 Å². The highest BCUT2D eigenvalue weighted by molar-refractivity contribution is 5.53. The Morgan fingerprint density at radius 3 is 2.64 bits per heavy atom. The van der Waals surface area contributed by atoms with Gasteiger partial charge in [-0.25, -0.2) is 0 Å². The van der Waals surface area contributed by atoms with Gasteiger partial charge >= 0.3 is 0 Å². The topological polar surface area (TPSA) is 69.2 Å². The van der Waals surface area contributed by atoms with Crippen molar-refractivity contribution in [2.75, 3.05) is 5.73 Å². The number of nitrogen functional groups attached to an aromatic ring is 1. The molecule has 0 aliphatic heterocycles. The van der Waals surface area contributed by atoms with E-state index in [9.17, 15) is 10.1 Å². The van der Waals surface area contributed by atoms with Crippen molar-refractivity contribution in [2.24, 2.45) is 0 Å². The van der Waals surface area contributed by atoms with Gasteiger partial charge in [-0.1, -0.05) is 0 Å². The minimum Gasteiger partial charge on any atom is -0.398 e. The molecule has 0 saturated carbocycles. The molecule has 0 bridgehead atoms. The maximum absolute atomic E-state index is 10.2. The van der Waals surface area contributed by atoms with Gasteiger partial charge in [0.2, 0.25) is 0 Å². The van der Waals surface area contributed by atoms with Crippen molar-refractivity contribution in [3.63, 3.8) is 0 Å². The van der Waals surface area contributed by atoms with E-state index in [1.165, 1.54) is 18.2 Å². The van der Waals surface area contributed by atoms with E-state index in [-0.39, 0.29) is 5.69 Å². The Morgan fingerprint density at radius 2 is 2.18 bits per heavy atom. The number of nitro benzene ring substituents is 1. The number of nitrogens with zero attached hydrogens (tertiary/aromatic N) is 1. The minimum absolute atomic E-state index is 0.0178. The lowest BCUT2D eigenvalue weighted by molar-refractivity contribution is -0.384. The summed E-state index contributed by atoms with van der Waals surface area (Å²) in [6.45, 7) is 3.53. The smallest absolute Gasteiger partial charge is 0.269 e. The van der Waals surface area contributed by atoms with Crippen molar-refractivity contribution in [3.05, 3.63) is 40.8 Å². The van der Waals surface area contributed by atoms with Crippen molar-refractivity contribution < 1.29 is 4.92 Å². The third kappa shape index (κ3) is 1.46. The van der Waals surface area contributed by atoms with Crippen LogP contribution in [0.3, 0.4) is 0 Å². The average Bonchev–Trinajstić information content (AvgIpc) is 1.94. The molecule has 0 aliphatic rings. The molecule has 4 heteroatoms. The second kappa shape index (κ2) is 2.57. The number of benzene rings is 1. The minimum atomic E-state index is -0.478. The molecule has 0 fully saturated rings. The molecule has 0 atom stereocenters. The highest BCUT2D eigenvalue weighted by Crippen LogP contribution is 2.17. The molecular formula is C7H7N2O2. The van der Waals surface area contributed by atoms with Crippen molar-refractivity contribution in [1.29, 1.82) is 0 Å². The van der Waals surface area contributed by atoms with Gasteiger partial charge in [0.15, 0.2) is 0 Å². The predicted molar refractivity (Wildman–Crippen MR) is 42.0 cm³/mol. The first-order valence-electron chi connectivity index (χ1n) is 2.97. The SMILES string of the molecule is [CH2]c1cc([N+](=O)[O-])ccc1N. The van der Waals surface area contributed by atoms with E-state index in [4.69, 9.17) is 5.73 Å². The van der Waals surface area contributed by atoms with E-state index < -0.39 is 4.92 Å². The zero-order valence-corrected chi connectivity index (χ0v) is 5.78. The van der Waals surface area contributed by atoms with Crippen LogP contribution in [0.1, 0.15) is 5.56 Å². The fourth-order valence-corrected chi connectivity index (χ4v) is 0.706. The van der Waals surface area contributed by atoms with Gasteiger partial charge in [-0.05, 0) is 18.6 Å². The van der Waals surface area contributed by atoms with Crippen LogP contribution in [-0.4, -0.2) is 4.92 Å². The zero-order valence-electron chi connectivity index (χ0n) is 5.78. The summed E-state index contributed by atoms with van der Waals surface area (Å²) >= 11 is 0. The van der Waals surface area contributed by atoms with Crippen LogP contribution in [0.2, 0.25) is 0 Å². The van der Waals surface area contributed by atoms with E-state index >= 15 is 0 Å². The van der Waals surface area contributed by atoms with E-state index in [1.807, 2.05) is 0 Å². The maximum atomic E-state index is 10.2. The van der Waals surface area contributed by atoms with Crippen LogP contribution in [-0.2, 0) is 0 Å². The number of hydrogen-bond acceptors (Lipinski definition) is 3. The van der Waals surface area contributed by atoms with Gasteiger partial charge in [-0.15, -0.1) is 0 Å². The fourth-order valence-electron chi connectivity index (χ4n) is 0.706. The molecule has 1 radical (unpaired) electrons. The van der Waals surface area contributed by atoms with Gasteiger partial charge in [-0.2, -0.15) is 0 Å². The van der Waals surface area contributed by atoms with E-state index in [1.54, 1.807) is 0 Å². The van der Waals surface area contributed by atoms with Gasteiger partial charge < -0.3 is 5.73 Å². The molecule has 0 spiro atoms. The van der Waals surface area contributed by atoms with Crippen LogP contribution in [0.15, 0.2) is 18.2 Å². The van der Waals surface area contributed by atoms with Gasteiger partial charge in [0.1, 0.15) is 0 Å². The molecule has 57 valence electrons. The standard InChI is InChI=1S/C7H7N2O2/c1-5-4-6(9(10)11)2-3-7(5)8/h2-4H,1,8H2. The van der Waals surface area contributed by atoms with Gasteiger partial charge in [0.25, 0.3) is 5.69 Å². The number of nitro groups is 1. The van der Waals surface area contributed by atoms with E-state index in [2.05, 4.69) is 6.92 Å². The lowest BCUT2D eigenvalue weighted by Gasteiger charge is -1.96. The molecule has 2 N–H and O–H groups in total. The van der Waals surface area contributed by atoms with Crippen LogP contribution in [0.4, 0.5) is 11.4 Å². The first kappa shape index (κ1) is 7.53. The molecule has 1 rings (SSSR count). The summed E-state index contributed by atoms with van der Waals surface area (Å²) in [5.74, 6) is 0. The Balaban J connectivity index is 3.15. The lowest BCUT2D eigenvalue weighted by atomic mass is 10.2. The molecule has 0 saturated heterocycles. The fraction of sp³-hybridized carbons (Fsp3) is 0. The molecule has 1 aromatic carbocycles. The van der Waals surface area contributed by atoms with Crippen molar-refractivity contribution in [2.45, 2.75) is 0 Å². The number of nitrogens with two attached hydrogens (primary N) is 1. The Labute approximate surface area is 63.8 Å². The summed E-state index contributed by atoms with van der Waals surface area (Å²) in [6.07, 6.45) is 0. The Morgan fingerprint density at radius 1 is 1.55 bits per heavy atom. The maximum Gasteiger partial charge on any atom is 0.269 e. The van der Waals surface area contributed by atoms with Crippen molar-refractivity contribution in [3.8, 4) is 0 Å². The number of non-ortho nitro benzene ring substituents is 1. The number of hydrogen-bond donors (Lipinski definition) is 1. The van der Waals surface area contributed by atoms with Gasteiger partial charge in [-0.3, -0.25) is 10.1 Å². The van der Waals surface area contributed by atoms with Gasteiger partial charge in [0.05, 0.1) is 4.92 Å². The summed E-state index contributed by atoms with van der Waals surface area (Å²) in [5, 5.41) is 10.2. The zero-order chi connectivity index (χ0) is 8.43.